The van der Waals surface area contributed by atoms with Gasteiger partial charge in [-0.25, -0.2) is 0 Å². The zero-order valence-corrected chi connectivity index (χ0v) is 14.7. The van der Waals surface area contributed by atoms with Gasteiger partial charge in [-0.1, -0.05) is 6.92 Å². The number of benzene rings is 1. The van der Waals surface area contributed by atoms with Gasteiger partial charge in [-0.15, -0.1) is 12.4 Å². The highest BCUT2D eigenvalue weighted by molar-refractivity contribution is 5.94. The van der Waals surface area contributed by atoms with Crippen molar-refractivity contribution in [3.05, 3.63) is 29.8 Å². The van der Waals surface area contributed by atoms with Gasteiger partial charge in [0.05, 0.1) is 6.61 Å². The Kier molecular flexibility index (Phi) is 8.99. The number of ether oxygens (including phenoxy) is 2. The van der Waals surface area contributed by atoms with Crippen molar-refractivity contribution in [2.75, 3.05) is 33.4 Å². The molecule has 2 unspecified atom stereocenters. The van der Waals surface area contributed by atoms with Crippen LogP contribution in [0.25, 0.3) is 0 Å². The first-order valence-electron chi connectivity index (χ1n) is 7.94. The number of amides is 1. The maximum Gasteiger partial charge on any atom is 0.251 e. The number of halogens is 1. The molecule has 1 heterocycles. The van der Waals surface area contributed by atoms with Crippen molar-refractivity contribution in [3.63, 3.8) is 0 Å². The van der Waals surface area contributed by atoms with Crippen molar-refractivity contribution in [1.29, 1.82) is 0 Å². The third-order valence-electron chi connectivity index (χ3n) is 4.02. The van der Waals surface area contributed by atoms with Gasteiger partial charge in [0.1, 0.15) is 5.75 Å². The summed E-state index contributed by atoms with van der Waals surface area (Å²) in [5.41, 5.74) is 0.669. The smallest absolute Gasteiger partial charge is 0.251 e. The summed E-state index contributed by atoms with van der Waals surface area (Å²) in [6, 6.07) is 7.49. The number of piperidine rings is 1. The molecule has 1 fully saturated rings. The van der Waals surface area contributed by atoms with E-state index in [-0.39, 0.29) is 24.4 Å². The van der Waals surface area contributed by atoms with Crippen LogP contribution >= 0.6 is 12.4 Å². The SMILES string of the molecule is COCCCOc1ccc(C(=O)NC2CNCCC2C)cc1.Cl. The van der Waals surface area contributed by atoms with E-state index >= 15 is 0 Å². The van der Waals surface area contributed by atoms with Gasteiger partial charge < -0.3 is 20.1 Å². The first-order valence-corrected chi connectivity index (χ1v) is 7.94. The Morgan fingerprint density at radius 3 is 2.70 bits per heavy atom. The molecule has 2 rings (SSSR count). The summed E-state index contributed by atoms with van der Waals surface area (Å²) in [7, 11) is 1.68. The van der Waals surface area contributed by atoms with Crippen LogP contribution in [0.1, 0.15) is 30.1 Å². The zero-order chi connectivity index (χ0) is 15.8. The van der Waals surface area contributed by atoms with Crippen molar-refractivity contribution in [2.45, 2.75) is 25.8 Å². The zero-order valence-electron chi connectivity index (χ0n) is 13.8. The van der Waals surface area contributed by atoms with Crippen molar-refractivity contribution < 1.29 is 14.3 Å². The summed E-state index contributed by atoms with van der Waals surface area (Å²) in [5, 5.41) is 6.43. The molecule has 6 heteroatoms. The molecule has 23 heavy (non-hydrogen) atoms. The molecule has 1 aliphatic rings. The molecular weight excluding hydrogens is 316 g/mol. The second kappa shape index (κ2) is 10.5. The lowest BCUT2D eigenvalue weighted by atomic mass is 9.94. The van der Waals surface area contributed by atoms with Crippen LogP contribution in [0.4, 0.5) is 0 Å². The van der Waals surface area contributed by atoms with Crippen molar-refractivity contribution in [2.24, 2.45) is 5.92 Å². The van der Waals surface area contributed by atoms with Gasteiger partial charge in [-0.2, -0.15) is 0 Å². The minimum Gasteiger partial charge on any atom is -0.494 e. The van der Waals surface area contributed by atoms with Crippen LogP contribution in [0.5, 0.6) is 5.75 Å². The fourth-order valence-electron chi connectivity index (χ4n) is 2.53. The summed E-state index contributed by atoms with van der Waals surface area (Å²) in [5.74, 6) is 1.26. The predicted molar refractivity (Wildman–Crippen MR) is 93.6 cm³/mol. The Labute approximate surface area is 144 Å². The molecule has 1 aromatic carbocycles. The maximum absolute atomic E-state index is 12.3. The molecule has 5 nitrogen and oxygen atoms in total. The summed E-state index contributed by atoms with van der Waals surface area (Å²) < 4.78 is 10.6. The first kappa shape index (κ1) is 19.7. The minimum absolute atomic E-state index is 0. The predicted octanol–water partition coefficient (Wildman–Crippen LogP) is 2.25. The molecule has 1 aliphatic heterocycles. The van der Waals surface area contributed by atoms with Gasteiger partial charge in [-0.05, 0) is 43.1 Å². The molecule has 1 saturated heterocycles. The first-order chi connectivity index (χ1) is 10.7. The van der Waals surface area contributed by atoms with Crippen LogP contribution in [-0.4, -0.2) is 45.4 Å². The van der Waals surface area contributed by atoms with Crippen LogP contribution < -0.4 is 15.4 Å². The average molecular weight is 343 g/mol. The molecule has 2 N–H and O–H groups in total. The fourth-order valence-corrected chi connectivity index (χ4v) is 2.53. The molecule has 130 valence electrons. The number of rotatable bonds is 7. The highest BCUT2D eigenvalue weighted by atomic mass is 35.5. The molecule has 1 amide bonds. The largest absolute Gasteiger partial charge is 0.494 e. The normalized spacial score (nSPS) is 20.4. The lowest BCUT2D eigenvalue weighted by Crippen LogP contribution is -2.50. The number of carbonyl (C=O) groups is 1. The molecule has 0 aliphatic carbocycles. The van der Waals surface area contributed by atoms with Crippen LogP contribution in [-0.2, 0) is 4.74 Å². The van der Waals surface area contributed by atoms with E-state index in [4.69, 9.17) is 9.47 Å². The summed E-state index contributed by atoms with van der Waals surface area (Å²) in [4.78, 5) is 12.3. The second-order valence-electron chi connectivity index (χ2n) is 5.77. The Morgan fingerprint density at radius 1 is 1.30 bits per heavy atom. The molecule has 0 radical (unpaired) electrons. The Hall–Kier alpha value is -1.30. The Bertz CT molecular complexity index is 467. The quantitative estimate of drug-likeness (QED) is 0.746. The van der Waals surface area contributed by atoms with Gasteiger partial charge in [0, 0.05) is 38.3 Å². The van der Waals surface area contributed by atoms with E-state index in [1.54, 1.807) is 7.11 Å². The number of nitrogens with one attached hydrogen (secondary N) is 2. The van der Waals surface area contributed by atoms with Crippen molar-refractivity contribution in [1.82, 2.24) is 10.6 Å². The summed E-state index contributed by atoms with van der Waals surface area (Å²) >= 11 is 0. The summed E-state index contributed by atoms with van der Waals surface area (Å²) in [6.45, 7) is 5.36. The van der Waals surface area contributed by atoms with E-state index in [1.165, 1.54) is 0 Å². The van der Waals surface area contributed by atoms with Gasteiger partial charge in [0.15, 0.2) is 0 Å². The standard InChI is InChI=1S/C17H26N2O3.ClH/c1-13-8-9-18-12-16(13)19-17(20)14-4-6-15(7-5-14)22-11-3-10-21-2;/h4-7,13,16,18H,3,8-12H2,1-2H3,(H,19,20);1H. The second-order valence-corrected chi connectivity index (χ2v) is 5.77. The fraction of sp³-hybridized carbons (Fsp3) is 0.588. The van der Waals surface area contributed by atoms with E-state index in [9.17, 15) is 4.79 Å². The monoisotopic (exact) mass is 342 g/mol. The lowest BCUT2D eigenvalue weighted by Gasteiger charge is -2.30. The average Bonchev–Trinajstić information content (AvgIpc) is 2.54. The maximum atomic E-state index is 12.3. The third-order valence-corrected chi connectivity index (χ3v) is 4.02. The summed E-state index contributed by atoms with van der Waals surface area (Å²) in [6.07, 6.45) is 1.95. The molecule has 0 spiro atoms. The Morgan fingerprint density at radius 2 is 2.04 bits per heavy atom. The van der Waals surface area contributed by atoms with Crippen molar-refractivity contribution in [3.8, 4) is 5.75 Å². The molecular formula is C17H27ClN2O3. The molecule has 0 bridgehead atoms. The topological polar surface area (TPSA) is 59.6 Å². The lowest BCUT2D eigenvalue weighted by molar-refractivity contribution is 0.0915. The van der Waals surface area contributed by atoms with Gasteiger partial charge >= 0.3 is 0 Å². The van der Waals surface area contributed by atoms with E-state index < -0.39 is 0 Å². The highest BCUT2D eigenvalue weighted by Crippen LogP contribution is 2.15. The van der Waals surface area contributed by atoms with Crippen LogP contribution in [0.15, 0.2) is 24.3 Å². The number of methoxy groups -OCH3 is 1. The number of hydrogen-bond donors (Lipinski definition) is 2. The molecule has 0 saturated carbocycles. The number of carbonyl (C=O) groups excluding carboxylic acids is 1. The van der Waals surface area contributed by atoms with E-state index in [1.807, 2.05) is 24.3 Å². The van der Waals surface area contributed by atoms with E-state index in [2.05, 4.69) is 17.6 Å². The van der Waals surface area contributed by atoms with Gasteiger partial charge in [0.25, 0.3) is 5.91 Å². The van der Waals surface area contributed by atoms with Crippen molar-refractivity contribution >= 4 is 18.3 Å². The van der Waals surface area contributed by atoms with Gasteiger partial charge in [0.2, 0.25) is 0 Å². The third kappa shape index (κ3) is 6.37. The van der Waals surface area contributed by atoms with Crippen LogP contribution in [0.2, 0.25) is 0 Å². The molecule has 2 atom stereocenters. The molecule has 1 aromatic rings. The highest BCUT2D eigenvalue weighted by Gasteiger charge is 2.22. The van der Waals surface area contributed by atoms with E-state index in [0.717, 1.165) is 31.7 Å². The van der Waals surface area contributed by atoms with Crippen LogP contribution in [0, 0.1) is 5.92 Å². The number of hydrogen-bond acceptors (Lipinski definition) is 4. The Balaban J connectivity index is 0.00000264. The van der Waals surface area contributed by atoms with E-state index in [0.29, 0.717) is 24.7 Å². The minimum atomic E-state index is -0.0218. The van der Waals surface area contributed by atoms with Crippen LogP contribution in [0.3, 0.4) is 0 Å². The van der Waals surface area contributed by atoms with Gasteiger partial charge in [-0.3, -0.25) is 4.79 Å². The molecule has 0 aromatic heterocycles.